The number of nitrogens with zero attached hydrogens (tertiary/aromatic N) is 3. The van der Waals surface area contributed by atoms with Crippen LogP contribution in [0.3, 0.4) is 0 Å². The van der Waals surface area contributed by atoms with Gasteiger partial charge in [0.05, 0.1) is 9.85 Å². The Morgan fingerprint density at radius 1 is 1.05 bits per heavy atom. The average molecular weight is 527 g/mol. The van der Waals surface area contributed by atoms with Crippen molar-refractivity contribution in [1.82, 2.24) is 4.98 Å². The monoisotopic (exact) mass is 523 g/mol. The Kier molecular flexibility index (Phi) is 5.08. The van der Waals surface area contributed by atoms with Crippen molar-refractivity contribution in [1.29, 1.82) is 0 Å². The van der Waals surface area contributed by atoms with Crippen LogP contribution in [0.25, 0.3) is 0 Å². The minimum absolute atomic E-state index is 0.0109. The summed E-state index contributed by atoms with van der Waals surface area (Å²) in [6, 6.07) is 2.92. The molecule has 0 aliphatic heterocycles. The molecule has 1 aromatic heterocycles. The molecule has 0 N–H and O–H groups in total. The standard InChI is InChI=1S/C8H5Br4N3O4/c1-4-2-3-5(7(9,10)14(16)17)13-6(4)8(11,12)15(18)19/h2-3H,1H3. The number of hydrogen-bond donors (Lipinski definition) is 0. The summed E-state index contributed by atoms with van der Waals surface area (Å²) in [6.45, 7) is 1.61. The highest BCUT2D eigenvalue weighted by Crippen LogP contribution is 2.42. The van der Waals surface area contributed by atoms with Crippen LogP contribution in [0.15, 0.2) is 12.1 Å². The Hall–Kier alpha value is -0.130. The second kappa shape index (κ2) is 5.70. The summed E-state index contributed by atoms with van der Waals surface area (Å²) in [5.74, 6) is 0. The van der Waals surface area contributed by atoms with Gasteiger partial charge in [0.25, 0.3) is 0 Å². The molecule has 0 saturated heterocycles. The molecule has 0 aromatic carbocycles. The van der Waals surface area contributed by atoms with Gasteiger partial charge in [-0.3, -0.25) is 20.2 Å². The minimum Gasteiger partial charge on any atom is -0.262 e. The molecule has 1 aromatic rings. The lowest BCUT2D eigenvalue weighted by Gasteiger charge is -2.17. The predicted molar refractivity (Wildman–Crippen MR) is 82.0 cm³/mol. The van der Waals surface area contributed by atoms with Crippen molar-refractivity contribution in [2.75, 3.05) is 0 Å². The predicted octanol–water partition coefficient (Wildman–Crippen LogP) is 3.74. The van der Waals surface area contributed by atoms with Gasteiger partial charge >= 0.3 is 6.71 Å². The molecule has 104 valence electrons. The van der Waals surface area contributed by atoms with Crippen LogP contribution in [-0.4, -0.2) is 14.8 Å². The number of pyridine rings is 1. The maximum absolute atomic E-state index is 11.0. The highest BCUT2D eigenvalue weighted by atomic mass is 79.9. The van der Waals surface area contributed by atoms with E-state index in [0.717, 1.165) is 0 Å². The number of hydrogen-bond acceptors (Lipinski definition) is 5. The van der Waals surface area contributed by atoms with E-state index in [4.69, 9.17) is 0 Å². The van der Waals surface area contributed by atoms with E-state index in [1.807, 2.05) is 0 Å². The molecule has 0 aliphatic rings. The zero-order valence-corrected chi connectivity index (χ0v) is 15.5. The highest BCUT2D eigenvalue weighted by Gasteiger charge is 2.46. The van der Waals surface area contributed by atoms with Crippen molar-refractivity contribution in [3.63, 3.8) is 0 Å². The van der Waals surface area contributed by atoms with E-state index in [-0.39, 0.29) is 11.4 Å². The van der Waals surface area contributed by atoms with Gasteiger partial charge in [0, 0.05) is 63.7 Å². The van der Waals surface area contributed by atoms with E-state index in [1.54, 1.807) is 6.92 Å². The van der Waals surface area contributed by atoms with Gasteiger partial charge in [0.15, 0.2) is 0 Å². The molecule has 19 heavy (non-hydrogen) atoms. The smallest absolute Gasteiger partial charge is 0.262 e. The van der Waals surface area contributed by atoms with Crippen molar-refractivity contribution in [2.24, 2.45) is 0 Å². The van der Waals surface area contributed by atoms with Gasteiger partial charge in [-0.25, -0.2) is 4.98 Å². The average Bonchev–Trinajstić information content (AvgIpc) is 2.28. The summed E-state index contributed by atoms with van der Waals surface area (Å²) in [7, 11) is 0. The fraction of sp³-hybridized carbons (Fsp3) is 0.375. The third-order valence-corrected chi connectivity index (χ3v) is 4.87. The molecule has 7 nitrogen and oxygen atoms in total. The van der Waals surface area contributed by atoms with Crippen LogP contribution in [0, 0.1) is 27.2 Å². The number of alkyl halides is 4. The van der Waals surface area contributed by atoms with Crippen LogP contribution in [0.2, 0.25) is 0 Å². The molecule has 1 rings (SSSR count). The summed E-state index contributed by atoms with van der Waals surface area (Å²) < 4.78 is -3.60. The number of aryl methyl sites for hydroxylation is 1. The van der Waals surface area contributed by atoms with Crippen molar-refractivity contribution in [3.05, 3.63) is 49.3 Å². The Morgan fingerprint density at radius 3 is 1.95 bits per heavy atom. The molecule has 0 atom stereocenters. The molecule has 1 heterocycles. The molecule has 0 unspecified atom stereocenters. The lowest BCUT2D eigenvalue weighted by Crippen LogP contribution is -2.27. The quantitative estimate of drug-likeness (QED) is 0.258. The van der Waals surface area contributed by atoms with Crippen LogP contribution in [0.1, 0.15) is 17.0 Å². The first kappa shape index (κ1) is 16.9. The van der Waals surface area contributed by atoms with Gasteiger partial charge in [0.2, 0.25) is 0 Å². The summed E-state index contributed by atoms with van der Waals surface area (Å²) in [5, 5.41) is 21.9. The van der Waals surface area contributed by atoms with Crippen LogP contribution >= 0.6 is 63.7 Å². The summed E-state index contributed by atoms with van der Waals surface area (Å²) in [4.78, 5) is 24.6. The van der Waals surface area contributed by atoms with Gasteiger partial charge in [0.1, 0.15) is 11.4 Å². The largest absolute Gasteiger partial charge is 0.368 e. The van der Waals surface area contributed by atoms with Crippen molar-refractivity contribution < 1.29 is 9.85 Å². The first-order valence-corrected chi connectivity index (χ1v) is 7.71. The van der Waals surface area contributed by atoms with Crippen LogP contribution in [0.5, 0.6) is 0 Å². The van der Waals surface area contributed by atoms with Crippen LogP contribution < -0.4 is 0 Å². The molecule has 0 radical (unpaired) electrons. The normalized spacial score (nSPS) is 12.3. The van der Waals surface area contributed by atoms with Crippen molar-refractivity contribution in [3.8, 4) is 0 Å². The topological polar surface area (TPSA) is 99.2 Å². The second-order valence-corrected chi connectivity index (χ2v) is 10.2. The molecular formula is C8H5Br4N3O4. The third kappa shape index (κ3) is 3.31. The first-order chi connectivity index (χ1) is 8.51. The fourth-order valence-electron chi connectivity index (χ4n) is 1.18. The molecule has 0 bridgehead atoms. The molecular weight excluding hydrogens is 522 g/mol. The van der Waals surface area contributed by atoms with Gasteiger partial charge in [-0.2, -0.15) is 0 Å². The van der Waals surface area contributed by atoms with Crippen LogP contribution in [0.4, 0.5) is 0 Å². The van der Waals surface area contributed by atoms with Gasteiger partial charge in [-0.05, 0) is 18.6 Å². The van der Waals surface area contributed by atoms with Gasteiger partial charge in [-0.1, -0.05) is 6.07 Å². The van der Waals surface area contributed by atoms with E-state index >= 15 is 0 Å². The summed E-state index contributed by atoms with van der Waals surface area (Å²) in [5.41, 5.74) is 0.525. The maximum atomic E-state index is 11.0. The molecule has 0 spiro atoms. The second-order valence-electron chi connectivity index (χ2n) is 3.46. The molecule has 0 amide bonds. The molecule has 0 fully saturated rings. The molecule has 11 heteroatoms. The minimum atomic E-state index is -1.80. The van der Waals surface area contributed by atoms with Crippen molar-refractivity contribution >= 4 is 63.7 Å². The Morgan fingerprint density at radius 2 is 1.53 bits per heavy atom. The van der Waals surface area contributed by atoms with E-state index in [9.17, 15) is 20.2 Å². The van der Waals surface area contributed by atoms with E-state index < -0.39 is 16.6 Å². The van der Waals surface area contributed by atoms with E-state index in [2.05, 4.69) is 68.7 Å². The lowest BCUT2D eigenvalue weighted by atomic mass is 10.2. The van der Waals surface area contributed by atoms with Crippen molar-refractivity contribution in [2.45, 2.75) is 13.6 Å². The number of nitro groups is 2. The lowest BCUT2D eigenvalue weighted by molar-refractivity contribution is -0.513. The number of aromatic nitrogens is 1. The number of rotatable bonds is 4. The Balaban J connectivity index is 3.46. The number of halogens is 4. The van der Waals surface area contributed by atoms with Crippen LogP contribution in [-0.2, 0) is 6.71 Å². The van der Waals surface area contributed by atoms with E-state index in [1.165, 1.54) is 12.1 Å². The summed E-state index contributed by atoms with van der Waals surface area (Å²) >= 11 is 11.5. The first-order valence-electron chi connectivity index (χ1n) is 4.54. The highest BCUT2D eigenvalue weighted by molar-refractivity contribution is 9.25. The zero-order chi connectivity index (χ0) is 15.0. The SMILES string of the molecule is Cc1ccc(C(Br)(Br)[N+](=O)[O-])nc1C(Br)(Br)[N+](=O)[O-]. The van der Waals surface area contributed by atoms with E-state index in [0.29, 0.717) is 5.56 Å². The van der Waals surface area contributed by atoms with Gasteiger partial charge < -0.3 is 0 Å². The Labute approximate surface area is 141 Å². The molecule has 0 aliphatic carbocycles. The third-order valence-electron chi connectivity index (χ3n) is 2.15. The fourth-order valence-corrected chi connectivity index (χ4v) is 2.43. The molecule has 0 saturated carbocycles. The Bertz CT molecular complexity index is 549. The summed E-state index contributed by atoms with van der Waals surface area (Å²) in [6.07, 6.45) is 0. The van der Waals surface area contributed by atoms with Gasteiger partial charge in [-0.15, -0.1) is 0 Å². The zero-order valence-electron chi connectivity index (χ0n) is 9.14. The maximum Gasteiger partial charge on any atom is 0.368 e.